The van der Waals surface area contributed by atoms with Crippen LogP contribution in [-0.2, 0) is 26.2 Å². The molecule has 7 nitrogen and oxygen atoms in total. The molecule has 0 saturated heterocycles. The minimum Gasteiger partial charge on any atom is -0.350 e. The minimum atomic E-state index is -3.81. The number of nitrogens with zero attached hydrogens (tertiary/aromatic N) is 2. The van der Waals surface area contributed by atoms with Crippen molar-refractivity contribution in [3.05, 3.63) is 62.5 Å². The van der Waals surface area contributed by atoms with E-state index >= 15 is 0 Å². The molecular formula is C23H28BrCl2N3O4S. The lowest BCUT2D eigenvalue weighted by Crippen LogP contribution is -2.54. The van der Waals surface area contributed by atoms with Gasteiger partial charge in [0, 0.05) is 32.2 Å². The quantitative estimate of drug-likeness (QED) is 0.474. The van der Waals surface area contributed by atoms with E-state index in [2.05, 4.69) is 21.2 Å². The summed E-state index contributed by atoms with van der Waals surface area (Å²) >= 11 is 16.0. The molecule has 0 fully saturated rings. The maximum absolute atomic E-state index is 13.5. The summed E-state index contributed by atoms with van der Waals surface area (Å²) in [4.78, 5) is 27.8. The molecule has 11 heteroatoms. The van der Waals surface area contributed by atoms with Crippen LogP contribution in [0.15, 0.2) is 46.9 Å². The average molecular weight is 593 g/mol. The lowest BCUT2D eigenvalue weighted by Gasteiger charge is -2.33. The van der Waals surface area contributed by atoms with Crippen LogP contribution < -0.4 is 9.62 Å². The number of benzene rings is 2. The fourth-order valence-corrected chi connectivity index (χ4v) is 4.90. The largest absolute Gasteiger partial charge is 0.350 e. The summed E-state index contributed by atoms with van der Waals surface area (Å²) in [6, 6.07) is 10.6. The molecule has 2 aromatic carbocycles. The molecule has 0 unspecified atom stereocenters. The molecule has 1 N–H and O–H groups in total. The highest BCUT2D eigenvalue weighted by Gasteiger charge is 2.32. The highest BCUT2D eigenvalue weighted by Crippen LogP contribution is 2.27. The zero-order valence-electron chi connectivity index (χ0n) is 19.6. The maximum Gasteiger partial charge on any atom is 0.244 e. The lowest BCUT2D eigenvalue weighted by molar-refractivity contribution is -0.140. The van der Waals surface area contributed by atoms with E-state index in [4.69, 9.17) is 23.2 Å². The summed E-state index contributed by atoms with van der Waals surface area (Å²) in [5.41, 5.74) is 0.243. The molecule has 0 heterocycles. The number of amides is 2. The third kappa shape index (κ3) is 7.86. The summed E-state index contributed by atoms with van der Waals surface area (Å²) in [7, 11) is -3.81. The number of nitrogens with one attached hydrogen (secondary N) is 1. The molecule has 2 rings (SSSR count). The zero-order valence-corrected chi connectivity index (χ0v) is 23.5. The Morgan fingerprint density at radius 1 is 1.09 bits per heavy atom. The van der Waals surface area contributed by atoms with E-state index in [1.165, 1.54) is 4.90 Å². The molecular weight excluding hydrogens is 565 g/mol. The van der Waals surface area contributed by atoms with Crippen LogP contribution in [0.1, 0.15) is 33.3 Å². The van der Waals surface area contributed by atoms with Gasteiger partial charge in [-0.3, -0.25) is 13.9 Å². The topological polar surface area (TPSA) is 86.8 Å². The summed E-state index contributed by atoms with van der Waals surface area (Å²) in [6.45, 7) is 6.47. The van der Waals surface area contributed by atoms with Crippen LogP contribution in [0.4, 0.5) is 5.69 Å². The van der Waals surface area contributed by atoms with Gasteiger partial charge in [-0.1, -0.05) is 51.3 Å². The van der Waals surface area contributed by atoms with Crippen molar-refractivity contribution in [1.82, 2.24) is 10.2 Å². The molecule has 34 heavy (non-hydrogen) atoms. The van der Waals surface area contributed by atoms with Crippen molar-refractivity contribution >= 4 is 66.7 Å². The van der Waals surface area contributed by atoms with Crippen molar-refractivity contribution in [2.45, 2.75) is 45.8 Å². The molecule has 2 aromatic rings. The van der Waals surface area contributed by atoms with Gasteiger partial charge in [-0.25, -0.2) is 8.42 Å². The van der Waals surface area contributed by atoms with Gasteiger partial charge in [-0.05, 0) is 58.0 Å². The van der Waals surface area contributed by atoms with Gasteiger partial charge >= 0.3 is 0 Å². The van der Waals surface area contributed by atoms with Crippen LogP contribution in [0.25, 0.3) is 0 Å². The Kier molecular flexibility index (Phi) is 9.44. The van der Waals surface area contributed by atoms with Gasteiger partial charge in [0.1, 0.15) is 12.6 Å². The normalized spacial score (nSPS) is 12.7. The highest BCUT2D eigenvalue weighted by molar-refractivity contribution is 9.10. The molecule has 0 spiro atoms. The van der Waals surface area contributed by atoms with Crippen LogP contribution in [0.3, 0.4) is 0 Å². The summed E-state index contributed by atoms with van der Waals surface area (Å²) < 4.78 is 26.8. The summed E-state index contributed by atoms with van der Waals surface area (Å²) in [6.07, 6.45) is 1.02. The Morgan fingerprint density at radius 2 is 1.65 bits per heavy atom. The average Bonchev–Trinajstić information content (AvgIpc) is 2.69. The van der Waals surface area contributed by atoms with Crippen molar-refractivity contribution in [1.29, 1.82) is 0 Å². The van der Waals surface area contributed by atoms with Crippen molar-refractivity contribution < 1.29 is 18.0 Å². The monoisotopic (exact) mass is 591 g/mol. The summed E-state index contributed by atoms with van der Waals surface area (Å²) in [5.74, 6) is -0.977. The molecule has 1 atom stereocenters. The van der Waals surface area contributed by atoms with Gasteiger partial charge in [0.2, 0.25) is 21.8 Å². The first-order chi connectivity index (χ1) is 15.6. The zero-order chi connectivity index (χ0) is 25.8. The van der Waals surface area contributed by atoms with E-state index in [-0.39, 0.29) is 6.54 Å². The second kappa shape index (κ2) is 11.3. The molecule has 0 aromatic heterocycles. The number of carbonyl (C=O) groups is 2. The number of sulfonamides is 1. The third-order valence-corrected chi connectivity index (χ3v) is 7.17. The molecule has 186 valence electrons. The number of hydrogen-bond acceptors (Lipinski definition) is 4. The Balaban J connectivity index is 2.47. The van der Waals surface area contributed by atoms with Crippen LogP contribution in [-0.4, -0.2) is 49.5 Å². The first-order valence-electron chi connectivity index (χ1n) is 10.4. The Labute approximate surface area is 219 Å². The number of rotatable bonds is 8. The van der Waals surface area contributed by atoms with Crippen LogP contribution in [0.5, 0.6) is 0 Å². The predicted molar refractivity (Wildman–Crippen MR) is 141 cm³/mol. The molecule has 0 radical (unpaired) electrons. The standard InChI is InChI=1S/C23H28BrCl2N3O4S/c1-15(22(31)27-23(2,3)4)28(13-18-19(25)10-7-11-20(18)26)21(30)14-29(34(5,32)33)17-9-6-8-16(24)12-17/h6-12,15H,13-14H2,1-5H3,(H,27,31)/t15-/m1/s1. The first kappa shape index (κ1) is 28.4. The Bertz CT molecular complexity index is 1150. The molecule has 0 aliphatic carbocycles. The third-order valence-electron chi connectivity index (χ3n) is 4.83. The van der Waals surface area contributed by atoms with E-state index < -0.39 is 40.0 Å². The van der Waals surface area contributed by atoms with Gasteiger partial charge in [-0.2, -0.15) is 0 Å². The van der Waals surface area contributed by atoms with Crippen molar-refractivity contribution in [2.24, 2.45) is 0 Å². The SMILES string of the molecule is C[C@H](C(=O)NC(C)(C)C)N(Cc1c(Cl)cccc1Cl)C(=O)CN(c1cccc(Br)c1)S(C)(=O)=O. The van der Waals surface area contributed by atoms with E-state index in [1.54, 1.807) is 49.4 Å². The maximum atomic E-state index is 13.5. The van der Waals surface area contributed by atoms with Crippen molar-refractivity contribution in [3.63, 3.8) is 0 Å². The van der Waals surface area contributed by atoms with E-state index in [1.807, 2.05) is 20.8 Å². The predicted octanol–water partition coefficient (Wildman–Crippen LogP) is 4.85. The van der Waals surface area contributed by atoms with Crippen molar-refractivity contribution in [2.75, 3.05) is 17.1 Å². The molecule has 0 saturated carbocycles. The van der Waals surface area contributed by atoms with Gasteiger partial charge < -0.3 is 10.2 Å². The smallest absolute Gasteiger partial charge is 0.244 e. The van der Waals surface area contributed by atoms with Crippen molar-refractivity contribution in [3.8, 4) is 0 Å². The van der Waals surface area contributed by atoms with Crippen LogP contribution >= 0.6 is 39.1 Å². The van der Waals surface area contributed by atoms with Gasteiger partial charge in [-0.15, -0.1) is 0 Å². The van der Waals surface area contributed by atoms with Crippen LogP contribution in [0.2, 0.25) is 10.0 Å². The second-order valence-electron chi connectivity index (χ2n) is 8.89. The second-order valence-corrected chi connectivity index (χ2v) is 12.5. The van der Waals surface area contributed by atoms with Gasteiger partial charge in [0.15, 0.2) is 0 Å². The fraction of sp³-hybridized carbons (Fsp3) is 0.391. The molecule has 2 amide bonds. The van der Waals surface area contributed by atoms with Gasteiger partial charge in [0.25, 0.3) is 0 Å². The summed E-state index contributed by atoms with van der Waals surface area (Å²) in [5, 5.41) is 3.52. The molecule has 0 bridgehead atoms. The number of anilines is 1. The fourth-order valence-electron chi connectivity index (χ4n) is 3.16. The lowest BCUT2D eigenvalue weighted by atomic mass is 10.1. The molecule has 0 aliphatic rings. The van der Waals surface area contributed by atoms with E-state index in [0.29, 0.717) is 25.8 Å². The minimum absolute atomic E-state index is 0.0772. The number of hydrogen-bond donors (Lipinski definition) is 1. The number of halogens is 3. The Hall–Kier alpha value is -1.81. The van der Waals surface area contributed by atoms with E-state index in [0.717, 1.165) is 10.6 Å². The van der Waals surface area contributed by atoms with E-state index in [9.17, 15) is 18.0 Å². The highest BCUT2D eigenvalue weighted by atomic mass is 79.9. The Morgan fingerprint density at radius 3 is 2.15 bits per heavy atom. The van der Waals surface area contributed by atoms with Crippen LogP contribution in [0, 0.1) is 0 Å². The molecule has 0 aliphatic heterocycles. The first-order valence-corrected chi connectivity index (χ1v) is 13.8. The number of carbonyl (C=O) groups excluding carboxylic acids is 2. The van der Waals surface area contributed by atoms with Gasteiger partial charge in [0.05, 0.1) is 11.9 Å².